The lowest BCUT2D eigenvalue weighted by molar-refractivity contribution is -0.101. The highest BCUT2D eigenvalue weighted by Crippen LogP contribution is 2.27. The summed E-state index contributed by atoms with van der Waals surface area (Å²) in [6.07, 6.45) is 1.27. The second-order valence-corrected chi connectivity index (χ2v) is 6.29. The van der Waals surface area contributed by atoms with Gasteiger partial charge in [-0.25, -0.2) is 0 Å². The van der Waals surface area contributed by atoms with Crippen LogP contribution in [0.25, 0.3) is 0 Å². The van der Waals surface area contributed by atoms with E-state index in [4.69, 9.17) is 4.74 Å². The van der Waals surface area contributed by atoms with Gasteiger partial charge in [0.05, 0.1) is 13.2 Å². The van der Waals surface area contributed by atoms with Crippen LogP contribution >= 0.6 is 0 Å². The zero-order valence-electron chi connectivity index (χ0n) is 11.1. The van der Waals surface area contributed by atoms with Crippen molar-refractivity contribution in [3.8, 4) is 0 Å². The molecule has 3 atom stereocenters. The Hall–Kier alpha value is -0.120. The molecule has 3 nitrogen and oxygen atoms in total. The topological polar surface area (TPSA) is 24.5 Å². The van der Waals surface area contributed by atoms with E-state index in [-0.39, 0.29) is 0 Å². The first kappa shape index (κ1) is 12.3. The lowest BCUT2D eigenvalue weighted by Gasteiger charge is -2.43. The maximum absolute atomic E-state index is 5.29. The molecule has 0 saturated carbocycles. The van der Waals surface area contributed by atoms with Crippen LogP contribution in [0.5, 0.6) is 0 Å². The van der Waals surface area contributed by atoms with E-state index in [2.05, 4.69) is 38.0 Å². The molecule has 2 aliphatic heterocycles. The molecule has 0 radical (unpaired) electrons. The molecule has 2 saturated heterocycles. The number of likely N-dealkylation sites (tertiary alicyclic amines) is 1. The van der Waals surface area contributed by atoms with Crippen molar-refractivity contribution in [2.24, 2.45) is 11.3 Å². The van der Waals surface area contributed by atoms with E-state index in [1.807, 2.05) is 0 Å². The van der Waals surface area contributed by atoms with E-state index in [0.717, 1.165) is 25.7 Å². The number of rotatable bonds is 3. The first-order valence-electron chi connectivity index (χ1n) is 6.51. The van der Waals surface area contributed by atoms with Crippen LogP contribution in [0, 0.1) is 11.3 Å². The van der Waals surface area contributed by atoms with Gasteiger partial charge in [-0.3, -0.25) is 0 Å². The first-order valence-corrected chi connectivity index (χ1v) is 6.51. The van der Waals surface area contributed by atoms with Crippen LogP contribution in [0.15, 0.2) is 0 Å². The molecule has 0 aromatic rings. The molecule has 0 spiro atoms. The minimum absolute atomic E-state index is 0.395. The molecule has 3 unspecified atom stereocenters. The van der Waals surface area contributed by atoms with Gasteiger partial charge in [0, 0.05) is 30.6 Å². The molecule has 0 aliphatic carbocycles. The molecule has 0 aromatic carbocycles. The maximum atomic E-state index is 5.29. The van der Waals surface area contributed by atoms with Gasteiger partial charge >= 0.3 is 0 Å². The molecule has 2 heterocycles. The number of ether oxygens (including phenoxy) is 1. The molecule has 2 aliphatic rings. The van der Waals surface area contributed by atoms with Crippen molar-refractivity contribution in [2.75, 3.05) is 33.4 Å². The summed E-state index contributed by atoms with van der Waals surface area (Å²) in [6.45, 7) is 11.2. The zero-order chi connectivity index (χ0) is 11.8. The lowest BCUT2D eigenvalue weighted by Crippen LogP contribution is -2.55. The summed E-state index contributed by atoms with van der Waals surface area (Å²) in [4.78, 5) is 2.47. The Morgan fingerprint density at radius 2 is 2.06 bits per heavy atom. The largest absolute Gasteiger partial charge is 0.380 e. The molecular weight excluding hydrogens is 200 g/mol. The van der Waals surface area contributed by atoms with Crippen molar-refractivity contribution in [2.45, 2.75) is 39.3 Å². The van der Waals surface area contributed by atoms with Crippen LogP contribution in [0.2, 0.25) is 0 Å². The van der Waals surface area contributed by atoms with Crippen LogP contribution < -0.4 is 5.32 Å². The predicted octanol–water partition coefficient (Wildman–Crippen LogP) is 1.34. The molecule has 16 heavy (non-hydrogen) atoms. The van der Waals surface area contributed by atoms with Gasteiger partial charge < -0.3 is 15.0 Å². The summed E-state index contributed by atoms with van der Waals surface area (Å²) >= 11 is 0. The average molecular weight is 226 g/mol. The zero-order valence-corrected chi connectivity index (χ0v) is 11.1. The Kier molecular flexibility index (Phi) is 3.57. The highest BCUT2D eigenvalue weighted by atomic mass is 16.5. The van der Waals surface area contributed by atoms with E-state index in [0.29, 0.717) is 17.5 Å². The molecule has 3 heteroatoms. The molecular formula is C13H26N2O. The molecule has 0 amide bonds. The highest BCUT2D eigenvalue weighted by Gasteiger charge is 2.35. The first-order chi connectivity index (χ1) is 7.50. The van der Waals surface area contributed by atoms with Gasteiger partial charge in [0.1, 0.15) is 0 Å². The number of piperidine rings is 1. The fourth-order valence-electron chi connectivity index (χ4n) is 2.76. The fraction of sp³-hybridized carbons (Fsp3) is 1.00. The van der Waals surface area contributed by atoms with E-state index in [1.165, 1.54) is 13.0 Å². The average Bonchev–Trinajstić information content (AvgIpc) is 2.19. The van der Waals surface area contributed by atoms with E-state index < -0.39 is 0 Å². The van der Waals surface area contributed by atoms with Crippen LogP contribution in [-0.4, -0.2) is 50.3 Å². The van der Waals surface area contributed by atoms with Crippen molar-refractivity contribution in [1.29, 1.82) is 0 Å². The minimum atomic E-state index is 0.395. The second kappa shape index (κ2) is 4.63. The van der Waals surface area contributed by atoms with E-state index in [1.54, 1.807) is 0 Å². The van der Waals surface area contributed by atoms with E-state index >= 15 is 0 Å². The molecule has 2 rings (SSSR count). The summed E-state index contributed by atoms with van der Waals surface area (Å²) in [5.41, 5.74) is 0.395. The Morgan fingerprint density at radius 1 is 1.38 bits per heavy atom. The van der Waals surface area contributed by atoms with Crippen LogP contribution in [0.4, 0.5) is 0 Å². The maximum Gasteiger partial charge on any atom is 0.0554 e. The lowest BCUT2D eigenvalue weighted by atomic mass is 9.85. The molecule has 0 aromatic heterocycles. The second-order valence-electron chi connectivity index (χ2n) is 6.29. The molecule has 1 N–H and O–H groups in total. The fourth-order valence-corrected chi connectivity index (χ4v) is 2.76. The van der Waals surface area contributed by atoms with Crippen molar-refractivity contribution in [3.63, 3.8) is 0 Å². The van der Waals surface area contributed by atoms with Gasteiger partial charge in [-0.15, -0.1) is 0 Å². The minimum Gasteiger partial charge on any atom is -0.380 e. The Morgan fingerprint density at radius 3 is 2.62 bits per heavy atom. The van der Waals surface area contributed by atoms with Crippen molar-refractivity contribution < 1.29 is 4.74 Å². The highest BCUT2D eigenvalue weighted by molar-refractivity contribution is 4.90. The predicted molar refractivity (Wildman–Crippen MR) is 66.6 cm³/mol. The van der Waals surface area contributed by atoms with Crippen LogP contribution in [-0.2, 0) is 4.74 Å². The third kappa shape index (κ3) is 2.58. The summed E-state index contributed by atoms with van der Waals surface area (Å²) in [7, 11) is 2.23. The van der Waals surface area contributed by atoms with E-state index in [9.17, 15) is 0 Å². The van der Waals surface area contributed by atoms with Gasteiger partial charge in [0.25, 0.3) is 0 Å². The van der Waals surface area contributed by atoms with Gasteiger partial charge in [0.15, 0.2) is 0 Å². The molecule has 0 bridgehead atoms. The normalized spacial score (nSPS) is 39.4. The quantitative estimate of drug-likeness (QED) is 0.786. The number of nitrogens with one attached hydrogen (secondary N) is 1. The smallest absolute Gasteiger partial charge is 0.0554 e. The van der Waals surface area contributed by atoms with Crippen molar-refractivity contribution in [3.05, 3.63) is 0 Å². The van der Waals surface area contributed by atoms with Crippen molar-refractivity contribution in [1.82, 2.24) is 10.2 Å². The number of nitrogens with zero attached hydrogens (tertiary/aromatic N) is 1. The third-order valence-corrected chi connectivity index (χ3v) is 4.30. The Labute approximate surface area is 99.5 Å². The summed E-state index contributed by atoms with van der Waals surface area (Å²) < 4.78 is 5.29. The number of hydrogen-bond acceptors (Lipinski definition) is 3. The van der Waals surface area contributed by atoms with Crippen LogP contribution in [0.1, 0.15) is 27.2 Å². The molecule has 94 valence electrons. The monoisotopic (exact) mass is 226 g/mol. The van der Waals surface area contributed by atoms with Gasteiger partial charge in [-0.1, -0.05) is 13.8 Å². The van der Waals surface area contributed by atoms with Gasteiger partial charge in [0.2, 0.25) is 0 Å². The number of hydrogen-bond donors (Lipinski definition) is 1. The standard InChI is InChI=1S/C13H26N2O/c1-10-6-15(4)11(2)5-12(10)14-7-13(3)8-16-9-13/h10-12,14H,5-9H2,1-4H3. The molecule has 2 fully saturated rings. The summed E-state index contributed by atoms with van der Waals surface area (Å²) in [6, 6.07) is 1.39. The summed E-state index contributed by atoms with van der Waals surface area (Å²) in [5.74, 6) is 0.755. The third-order valence-electron chi connectivity index (χ3n) is 4.30. The van der Waals surface area contributed by atoms with Crippen LogP contribution in [0.3, 0.4) is 0 Å². The SMILES string of the molecule is CC1CN(C)C(C)CC1NCC1(C)COC1. The van der Waals surface area contributed by atoms with Crippen molar-refractivity contribution >= 4 is 0 Å². The summed E-state index contributed by atoms with van der Waals surface area (Å²) in [5, 5.41) is 3.76. The Bertz CT molecular complexity index is 240. The van der Waals surface area contributed by atoms with Gasteiger partial charge in [-0.05, 0) is 26.3 Å². The Balaban J connectivity index is 1.80. The van der Waals surface area contributed by atoms with Gasteiger partial charge in [-0.2, -0.15) is 0 Å².